The van der Waals surface area contributed by atoms with Gasteiger partial charge in [-0.15, -0.1) is 11.3 Å². The maximum atomic E-state index is 12.0. The molecule has 1 atom stereocenters. The van der Waals surface area contributed by atoms with Crippen molar-refractivity contribution in [3.8, 4) is 0 Å². The van der Waals surface area contributed by atoms with Crippen molar-refractivity contribution in [3.05, 3.63) is 52.5 Å². The zero-order valence-electron chi connectivity index (χ0n) is 12.5. The average molecular weight is 304 g/mol. The predicted molar refractivity (Wildman–Crippen MR) is 84.4 cm³/mol. The molecule has 0 aliphatic rings. The fourth-order valence-corrected chi connectivity index (χ4v) is 2.60. The lowest BCUT2D eigenvalue weighted by Gasteiger charge is -2.23. The highest BCUT2D eigenvalue weighted by Gasteiger charge is 2.22. The summed E-state index contributed by atoms with van der Waals surface area (Å²) in [6.07, 6.45) is 2.01. The third-order valence-corrected chi connectivity index (χ3v) is 3.61. The highest BCUT2D eigenvalue weighted by Crippen LogP contribution is 2.21. The van der Waals surface area contributed by atoms with E-state index in [1.807, 2.05) is 56.5 Å². The molecular formula is C16H20N2O2S. The number of amides is 1. The smallest absolute Gasteiger partial charge is 0.408 e. The second kappa shape index (κ2) is 6.72. The van der Waals surface area contributed by atoms with E-state index in [2.05, 4.69) is 10.3 Å². The van der Waals surface area contributed by atoms with Gasteiger partial charge in [0.1, 0.15) is 10.6 Å². The first-order chi connectivity index (χ1) is 9.94. The van der Waals surface area contributed by atoms with Gasteiger partial charge in [0.05, 0.1) is 6.04 Å². The minimum absolute atomic E-state index is 0.178. The van der Waals surface area contributed by atoms with Crippen LogP contribution in [0.5, 0.6) is 0 Å². The van der Waals surface area contributed by atoms with Crippen LogP contribution in [0.4, 0.5) is 4.79 Å². The van der Waals surface area contributed by atoms with E-state index in [1.165, 1.54) is 11.3 Å². The Morgan fingerprint density at radius 3 is 2.62 bits per heavy atom. The minimum Gasteiger partial charge on any atom is -0.444 e. The summed E-state index contributed by atoms with van der Waals surface area (Å²) in [5.41, 5.74) is 0.637. The average Bonchev–Trinajstić information content (AvgIpc) is 2.90. The van der Waals surface area contributed by atoms with Gasteiger partial charge in [0.25, 0.3) is 0 Å². The highest BCUT2D eigenvalue weighted by molar-refractivity contribution is 7.09. The van der Waals surface area contributed by atoms with Gasteiger partial charge in [-0.05, 0) is 32.8 Å². The van der Waals surface area contributed by atoms with E-state index in [1.54, 1.807) is 6.20 Å². The molecule has 4 nitrogen and oxygen atoms in total. The van der Waals surface area contributed by atoms with E-state index in [0.717, 1.165) is 10.6 Å². The van der Waals surface area contributed by atoms with Crippen LogP contribution in [0.2, 0.25) is 0 Å². The molecule has 1 amide bonds. The lowest BCUT2D eigenvalue weighted by atomic mass is 10.1. The number of rotatable bonds is 4. The Balaban J connectivity index is 2.08. The van der Waals surface area contributed by atoms with E-state index >= 15 is 0 Å². The molecule has 1 heterocycles. The largest absolute Gasteiger partial charge is 0.444 e. The van der Waals surface area contributed by atoms with Crippen LogP contribution >= 0.6 is 11.3 Å². The van der Waals surface area contributed by atoms with Gasteiger partial charge in [0, 0.05) is 11.6 Å². The van der Waals surface area contributed by atoms with E-state index < -0.39 is 11.7 Å². The van der Waals surface area contributed by atoms with E-state index in [-0.39, 0.29) is 6.04 Å². The molecule has 5 heteroatoms. The fraction of sp³-hybridized carbons (Fsp3) is 0.375. The monoisotopic (exact) mass is 304 g/mol. The molecule has 0 saturated carbocycles. The molecule has 0 aliphatic carbocycles. The van der Waals surface area contributed by atoms with Crippen LogP contribution in [-0.4, -0.2) is 16.7 Å². The molecule has 0 aliphatic heterocycles. The van der Waals surface area contributed by atoms with Crippen molar-refractivity contribution in [1.82, 2.24) is 10.3 Å². The van der Waals surface area contributed by atoms with E-state index in [4.69, 9.17) is 4.74 Å². The Hall–Kier alpha value is -1.88. The molecule has 1 N–H and O–H groups in total. The van der Waals surface area contributed by atoms with Crippen LogP contribution in [0.3, 0.4) is 0 Å². The van der Waals surface area contributed by atoms with Crippen molar-refractivity contribution < 1.29 is 9.53 Å². The highest BCUT2D eigenvalue weighted by atomic mass is 32.1. The summed E-state index contributed by atoms with van der Waals surface area (Å²) in [5, 5.41) is 5.70. The second-order valence-electron chi connectivity index (χ2n) is 5.76. The van der Waals surface area contributed by atoms with Crippen molar-refractivity contribution >= 4 is 17.4 Å². The summed E-state index contributed by atoms with van der Waals surface area (Å²) in [7, 11) is 0. The lowest BCUT2D eigenvalue weighted by molar-refractivity contribution is 0.0503. The number of carbonyl (C=O) groups is 1. The minimum atomic E-state index is -0.510. The maximum absolute atomic E-state index is 12.0. The van der Waals surface area contributed by atoms with Crippen molar-refractivity contribution in [2.45, 2.75) is 38.8 Å². The van der Waals surface area contributed by atoms with Gasteiger partial charge >= 0.3 is 6.09 Å². The molecule has 1 unspecified atom stereocenters. The molecule has 2 rings (SSSR count). The van der Waals surface area contributed by atoms with Gasteiger partial charge in [0.15, 0.2) is 0 Å². The maximum Gasteiger partial charge on any atom is 0.408 e. The lowest BCUT2D eigenvalue weighted by Crippen LogP contribution is -2.35. The summed E-state index contributed by atoms with van der Waals surface area (Å²) in [4.78, 5) is 16.3. The number of ether oxygens (including phenoxy) is 1. The van der Waals surface area contributed by atoms with Gasteiger partial charge in [0.2, 0.25) is 0 Å². The first kappa shape index (κ1) is 15.5. The predicted octanol–water partition coefficient (Wildman–Crippen LogP) is 3.95. The third-order valence-electron chi connectivity index (χ3n) is 2.72. The number of aromatic nitrogens is 1. The summed E-state index contributed by atoms with van der Waals surface area (Å²) in [6, 6.07) is 9.85. The van der Waals surface area contributed by atoms with Gasteiger partial charge in [-0.3, -0.25) is 0 Å². The molecule has 2 aromatic rings. The molecule has 0 saturated heterocycles. The van der Waals surface area contributed by atoms with Gasteiger partial charge in [-0.1, -0.05) is 30.3 Å². The molecule has 1 aromatic heterocycles. The summed E-state index contributed by atoms with van der Waals surface area (Å²) >= 11 is 1.53. The molecule has 1 aromatic carbocycles. The summed E-state index contributed by atoms with van der Waals surface area (Å²) in [6.45, 7) is 5.55. The van der Waals surface area contributed by atoms with Crippen molar-refractivity contribution in [1.29, 1.82) is 0 Å². The van der Waals surface area contributed by atoms with Crippen LogP contribution in [0.1, 0.15) is 37.4 Å². The quantitative estimate of drug-likeness (QED) is 0.930. The number of nitrogens with zero attached hydrogens (tertiary/aromatic N) is 1. The van der Waals surface area contributed by atoms with Crippen LogP contribution in [0.25, 0.3) is 0 Å². The Morgan fingerprint density at radius 2 is 2.05 bits per heavy atom. The van der Waals surface area contributed by atoms with Crippen molar-refractivity contribution in [2.75, 3.05) is 0 Å². The first-order valence-electron chi connectivity index (χ1n) is 6.87. The van der Waals surface area contributed by atoms with Crippen molar-refractivity contribution in [3.63, 3.8) is 0 Å². The molecular weight excluding hydrogens is 284 g/mol. The van der Waals surface area contributed by atoms with Crippen LogP contribution in [-0.2, 0) is 11.2 Å². The van der Waals surface area contributed by atoms with Crippen LogP contribution in [0.15, 0.2) is 41.9 Å². The van der Waals surface area contributed by atoms with Crippen molar-refractivity contribution in [2.24, 2.45) is 0 Å². The molecule has 0 fully saturated rings. The number of hydrogen-bond acceptors (Lipinski definition) is 4. The number of nitrogens with one attached hydrogen (secondary N) is 1. The third kappa shape index (κ3) is 5.19. The number of thiazole rings is 1. The van der Waals surface area contributed by atoms with Gasteiger partial charge < -0.3 is 10.1 Å². The number of alkyl carbamates (subject to hydrolysis) is 1. The molecule has 21 heavy (non-hydrogen) atoms. The SMILES string of the molecule is CC(C)(C)OC(=O)NC(Cc1ccccc1)c1nccs1. The standard InChI is InChI=1S/C16H20N2O2S/c1-16(2,3)20-15(19)18-13(14-17-9-10-21-14)11-12-7-5-4-6-8-12/h4-10,13H,11H2,1-3H3,(H,18,19). The zero-order chi connectivity index (χ0) is 15.3. The zero-order valence-corrected chi connectivity index (χ0v) is 13.3. The normalized spacial score (nSPS) is 12.7. The Morgan fingerprint density at radius 1 is 1.33 bits per heavy atom. The second-order valence-corrected chi connectivity index (χ2v) is 6.69. The van der Waals surface area contributed by atoms with Gasteiger partial charge in [-0.2, -0.15) is 0 Å². The Kier molecular flexibility index (Phi) is 4.96. The Bertz CT molecular complexity index is 562. The Labute approximate surface area is 129 Å². The van der Waals surface area contributed by atoms with E-state index in [9.17, 15) is 4.79 Å². The fourth-order valence-electron chi connectivity index (χ4n) is 1.91. The molecule has 0 bridgehead atoms. The molecule has 0 spiro atoms. The van der Waals surface area contributed by atoms with E-state index in [0.29, 0.717) is 6.42 Å². The number of hydrogen-bond donors (Lipinski definition) is 1. The topological polar surface area (TPSA) is 51.2 Å². The molecule has 0 radical (unpaired) electrons. The van der Waals surface area contributed by atoms with Crippen LogP contribution in [0, 0.1) is 0 Å². The number of carbonyl (C=O) groups excluding carboxylic acids is 1. The van der Waals surface area contributed by atoms with Crippen LogP contribution < -0.4 is 5.32 Å². The first-order valence-corrected chi connectivity index (χ1v) is 7.75. The summed E-state index contributed by atoms with van der Waals surface area (Å²) in [5.74, 6) is 0. The number of benzene rings is 1. The molecule has 112 valence electrons. The summed E-state index contributed by atoms with van der Waals surface area (Å²) < 4.78 is 5.33. The van der Waals surface area contributed by atoms with Gasteiger partial charge in [-0.25, -0.2) is 9.78 Å².